The smallest absolute Gasteiger partial charge is 0.220 e. The van der Waals surface area contributed by atoms with Gasteiger partial charge in [-0.15, -0.1) is 0 Å². The van der Waals surface area contributed by atoms with Crippen LogP contribution in [0.15, 0.2) is 72.9 Å². The Hall–Kier alpha value is -2.57. The Labute approximate surface area is 517 Å². The van der Waals surface area contributed by atoms with Crippen molar-refractivity contribution in [2.75, 3.05) is 19.8 Å². The van der Waals surface area contributed by atoms with Crippen LogP contribution in [0.1, 0.15) is 277 Å². The summed E-state index contributed by atoms with van der Waals surface area (Å²) in [4.78, 5) is 13.3. The summed E-state index contributed by atoms with van der Waals surface area (Å²) in [5.41, 5.74) is 0. The maximum atomic E-state index is 13.3. The van der Waals surface area contributed by atoms with Gasteiger partial charge in [-0.2, -0.15) is 0 Å². The molecule has 0 spiro atoms. The molecule has 2 aliphatic rings. The molecule has 0 saturated carbocycles. The van der Waals surface area contributed by atoms with Gasteiger partial charge in [0.15, 0.2) is 12.6 Å². The Morgan fingerprint density at radius 1 is 0.424 bits per heavy atom. The molecular formula is C71H127NO13. The molecule has 85 heavy (non-hydrogen) atoms. The molecule has 494 valence electrons. The zero-order valence-corrected chi connectivity index (χ0v) is 53.6. The second-order valence-corrected chi connectivity index (χ2v) is 24.3. The van der Waals surface area contributed by atoms with Crippen molar-refractivity contribution in [2.24, 2.45) is 0 Å². The van der Waals surface area contributed by atoms with E-state index in [-0.39, 0.29) is 18.9 Å². The van der Waals surface area contributed by atoms with E-state index >= 15 is 0 Å². The molecule has 14 heteroatoms. The molecule has 1 amide bonds. The van der Waals surface area contributed by atoms with E-state index in [1.165, 1.54) is 186 Å². The lowest BCUT2D eigenvalue weighted by molar-refractivity contribution is -0.359. The first-order valence-corrected chi connectivity index (χ1v) is 34.7. The third-order valence-corrected chi connectivity index (χ3v) is 16.6. The zero-order chi connectivity index (χ0) is 61.6. The Bertz CT molecular complexity index is 1700. The molecule has 12 atom stereocenters. The predicted molar refractivity (Wildman–Crippen MR) is 346 cm³/mol. The molecule has 0 aliphatic carbocycles. The van der Waals surface area contributed by atoms with Crippen LogP contribution in [0, 0.1) is 0 Å². The fourth-order valence-electron chi connectivity index (χ4n) is 11.0. The lowest BCUT2D eigenvalue weighted by Crippen LogP contribution is -2.65. The molecule has 0 aromatic rings. The molecule has 2 aliphatic heterocycles. The molecule has 0 aromatic carbocycles. The molecule has 12 unspecified atom stereocenters. The molecule has 14 nitrogen and oxygen atoms in total. The van der Waals surface area contributed by atoms with Gasteiger partial charge in [0, 0.05) is 6.42 Å². The zero-order valence-electron chi connectivity index (χ0n) is 53.6. The summed E-state index contributed by atoms with van der Waals surface area (Å²) in [6.07, 6.45) is 58.1. The van der Waals surface area contributed by atoms with Gasteiger partial charge in [-0.25, -0.2) is 0 Å². The summed E-state index contributed by atoms with van der Waals surface area (Å²) in [6.45, 7) is 2.78. The molecule has 9 N–H and O–H groups in total. The van der Waals surface area contributed by atoms with E-state index < -0.39 is 86.8 Å². The van der Waals surface area contributed by atoms with Gasteiger partial charge in [0.2, 0.25) is 5.91 Å². The van der Waals surface area contributed by atoms with Crippen molar-refractivity contribution in [2.45, 2.75) is 351 Å². The van der Waals surface area contributed by atoms with E-state index in [2.05, 4.69) is 79.9 Å². The number of carbonyl (C=O) groups excluding carboxylic acids is 1. The van der Waals surface area contributed by atoms with E-state index in [4.69, 9.17) is 18.9 Å². The number of allylic oxidation sites excluding steroid dienone is 11. The molecule has 0 aromatic heterocycles. The van der Waals surface area contributed by atoms with Gasteiger partial charge in [-0.1, -0.05) is 260 Å². The number of ether oxygens (including phenoxy) is 4. The summed E-state index contributed by atoms with van der Waals surface area (Å²) < 4.78 is 22.8. The minimum absolute atomic E-state index is 0.254. The maximum absolute atomic E-state index is 13.3. The Balaban J connectivity index is 1.71. The van der Waals surface area contributed by atoms with Crippen LogP contribution in [0.5, 0.6) is 0 Å². The third-order valence-electron chi connectivity index (χ3n) is 16.6. The van der Waals surface area contributed by atoms with Gasteiger partial charge in [0.05, 0.1) is 32.0 Å². The monoisotopic (exact) mass is 1200 g/mol. The summed E-state index contributed by atoms with van der Waals surface area (Å²) in [5, 5.41) is 87.4. The third kappa shape index (κ3) is 39.9. The fraction of sp³-hybridized carbons (Fsp3) is 0.817. The number of carbonyl (C=O) groups is 1. The molecular weight excluding hydrogens is 1070 g/mol. The first-order chi connectivity index (χ1) is 41.6. The molecule has 2 heterocycles. The van der Waals surface area contributed by atoms with E-state index in [0.29, 0.717) is 12.8 Å². The van der Waals surface area contributed by atoms with Crippen molar-refractivity contribution in [1.82, 2.24) is 5.32 Å². The Kier molecular flexibility index (Phi) is 51.3. The second kappa shape index (κ2) is 55.5. The standard InChI is InChI=1S/C71H127NO13/c1-3-5-7-9-11-13-15-17-19-21-23-25-27-28-29-30-31-32-33-35-37-39-41-43-45-47-49-51-53-55-63(76)72-59(58-82-70-68(81)66(79)69(62(57-74)84-70)85-71-67(80)65(78)64(77)61(56-73)83-71)60(75)54-52-50-48-46-44-42-40-38-36-34-26-24-22-20-18-16-14-12-10-8-6-4-2/h15,17,21,23,27-28,36,38,44,46,52,54,59-62,64-71,73-75,77-81H,3-14,16,18-20,22,24-26,29-35,37,39-43,45,47-51,53,55-58H2,1-2H3,(H,72,76)/b17-15-,23-21-,28-27-,38-36+,46-44+,54-52+. The van der Waals surface area contributed by atoms with Crippen molar-refractivity contribution >= 4 is 5.91 Å². The van der Waals surface area contributed by atoms with Crippen molar-refractivity contribution in [1.29, 1.82) is 0 Å². The van der Waals surface area contributed by atoms with Crippen LogP contribution >= 0.6 is 0 Å². The number of rotatable bonds is 56. The van der Waals surface area contributed by atoms with Crippen LogP contribution < -0.4 is 5.32 Å². The normalized spacial score (nSPS) is 24.0. The first-order valence-electron chi connectivity index (χ1n) is 34.7. The number of nitrogens with one attached hydrogen (secondary N) is 1. The van der Waals surface area contributed by atoms with Crippen molar-refractivity contribution < 1.29 is 64.6 Å². The van der Waals surface area contributed by atoms with Crippen LogP contribution in [-0.4, -0.2) is 140 Å². The predicted octanol–water partition coefficient (Wildman–Crippen LogP) is 13.8. The van der Waals surface area contributed by atoms with E-state index in [1.807, 2.05) is 6.08 Å². The average molecular weight is 1200 g/mol. The first kappa shape index (κ1) is 78.5. The molecule has 2 fully saturated rings. The number of amides is 1. The number of aliphatic hydroxyl groups is 8. The average Bonchev–Trinajstić information content (AvgIpc) is 3.69. The van der Waals surface area contributed by atoms with Crippen molar-refractivity contribution in [3.63, 3.8) is 0 Å². The second-order valence-electron chi connectivity index (χ2n) is 24.3. The minimum atomic E-state index is -1.80. The number of hydrogen-bond acceptors (Lipinski definition) is 13. The number of hydrogen-bond donors (Lipinski definition) is 9. The van der Waals surface area contributed by atoms with Crippen molar-refractivity contribution in [3.05, 3.63) is 72.9 Å². The summed E-state index contributed by atoms with van der Waals surface area (Å²) >= 11 is 0. The van der Waals surface area contributed by atoms with Gasteiger partial charge >= 0.3 is 0 Å². The lowest BCUT2D eigenvalue weighted by atomic mass is 9.97. The highest BCUT2D eigenvalue weighted by Gasteiger charge is 2.51. The van der Waals surface area contributed by atoms with E-state index in [9.17, 15) is 45.6 Å². The Morgan fingerprint density at radius 3 is 1.24 bits per heavy atom. The molecule has 2 rings (SSSR count). The van der Waals surface area contributed by atoms with Crippen LogP contribution in [0.2, 0.25) is 0 Å². The maximum Gasteiger partial charge on any atom is 0.220 e. The highest BCUT2D eigenvalue weighted by molar-refractivity contribution is 5.76. The molecule has 0 bridgehead atoms. The van der Waals surface area contributed by atoms with Gasteiger partial charge in [0.25, 0.3) is 0 Å². The van der Waals surface area contributed by atoms with Crippen LogP contribution in [0.3, 0.4) is 0 Å². The van der Waals surface area contributed by atoms with Crippen LogP contribution in [0.25, 0.3) is 0 Å². The van der Waals surface area contributed by atoms with Gasteiger partial charge in [0.1, 0.15) is 48.8 Å². The summed E-state index contributed by atoms with van der Waals surface area (Å²) in [7, 11) is 0. The fourth-order valence-corrected chi connectivity index (χ4v) is 11.0. The lowest BCUT2D eigenvalue weighted by Gasteiger charge is -2.46. The number of unbranched alkanes of at least 4 members (excludes halogenated alkanes) is 33. The molecule has 2 saturated heterocycles. The SMILES string of the molecule is CCCCCCC/C=C\C/C=C\C/C=C\CCCCCCCCCCCCCCCCC(=O)NC(COC1OC(CO)C(OC2OC(CO)C(O)C(O)C2O)C(O)C1O)C(O)/C=C/CC/C=C/CC/C=C/CCCCCCCCCCCCCC. The summed E-state index contributed by atoms with van der Waals surface area (Å²) in [6, 6.07) is -0.942. The van der Waals surface area contributed by atoms with Crippen LogP contribution in [-0.2, 0) is 23.7 Å². The largest absolute Gasteiger partial charge is 0.394 e. The molecule has 0 radical (unpaired) electrons. The van der Waals surface area contributed by atoms with Crippen molar-refractivity contribution in [3.8, 4) is 0 Å². The van der Waals surface area contributed by atoms with Gasteiger partial charge in [-0.3, -0.25) is 4.79 Å². The van der Waals surface area contributed by atoms with Gasteiger partial charge in [-0.05, 0) is 83.5 Å². The van der Waals surface area contributed by atoms with Crippen LogP contribution in [0.4, 0.5) is 0 Å². The van der Waals surface area contributed by atoms with Gasteiger partial charge < -0.3 is 65.1 Å². The highest BCUT2D eigenvalue weighted by atomic mass is 16.7. The summed E-state index contributed by atoms with van der Waals surface area (Å²) in [5.74, 6) is -0.254. The number of aliphatic hydroxyl groups excluding tert-OH is 8. The topological polar surface area (TPSA) is 228 Å². The van der Waals surface area contributed by atoms with E-state index in [1.54, 1.807) is 6.08 Å². The quantitative estimate of drug-likeness (QED) is 0.0204. The minimum Gasteiger partial charge on any atom is -0.394 e. The highest BCUT2D eigenvalue weighted by Crippen LogP contribution is 2.30. The van der Waals surface area contributed by atoms with E-state index in [0.717, 1.165) is 57.8 Å². The Morgan fingerprint density at radius 2 is 0.788 bits per heavy atom.